The Morgan fingerprint density at radius 1 is 1.19 bits per heavy atom. The zero-order valence-corrected chi connectivity index (χ0v) is 15.5. The number of carbonyl (C=O) groups excluding carboxylic acids is 2. The smallest absolute Gasteiger partial charge is 0.262 e. The molecule has 0 saturated carbocycles. The van der Waals surface area contributed by atoms with Crippen LogP contribution in [0, 0.1) is 0 Å². The van der Waals surface area contributed by atoms with Crippen LogP contribution in [0.5, 0.6) is 17.2 Å². The van der Waals surface area contributed by atoms with Crippen LogP contribution in [-0.4, -0.2) is 45.7 Å². The lowest BCUT2D eigenvalue weighted by Gasteiger charge is -2.34. The number of methoxy groups -OCH3 is 2. The molecule has 0 aliphatic carbocycles. The Kier molecular flexibility index (Phi) is 5.49. The van der Waals surface area contributed by atoms with E-state index < -0.39 is 6.10 Å². The molecule has 0 spiro atoms. The summed E-state index contributed by atoms with van der Waals surface area (Å²) in [5.41, 5.74) is 1.39. The van der Waals surface area contributed by atoms with Gasteiger partial charge in [0.1, 0.15) is 17.2 Å². The van der Waals surface area contributed by atoms with Gasteiger partial charge in [-0.05, 0) is 18.2 Å². The molecular formula is C20H22N2O5. The molecule has 1 N–H and O–H groups in total. The van der Waals surface area contributed by atoms with Crippen molar-refractivity contribution in [1.82, 2.24) is 5.32 Å². The molecule has 1 atom stereocenters. The van der Waals surface area contributed by atoms with E-state index >= 15 is 0 Å². The zero-order valence-electron chi connectivity index (χ0n) is 15.5. The van der Waals surface area contributed by atoms with Crippen molar-refractivity contribution in [2.45, 2.75) is 12.5 Å². The topological polar surface area (TPSA) is 77.1 Å². The van der Waals surface area contributed by atoms with Crippen LogP contribution >= 0.6 is 0 Å². The maximum atomic E-state index is 13.1. The maximum absolute atomic E-state index is 13.1. The van der Waals surface area contributed by atoms with Crippen molar-refractivity contribution >= 4 is 17.5 Å². The summed E-state index contributed by atoms with van der Waals surface area (Å²) in [5.74, 6) is 1.31. The highest BCUT2D eigenvalue weighted by Gasteiger charge is 2.33. The van der Waals surface area contributed by atoms with Gasteiger partial charge < -0.3 is 24.4 Å². The zero-order chi connectivity index (χ0) is 19.4. The first kappa shape index (κ1) is 18.6. The van der Waals surface area contributed by atoms with E-state index in [0.717, 1.165) is 5.56 Å². The molecule has 0 aromatic heterocycles. The van der Waals surface area contributed by atoms with Gasteiger partial charge in [-0.15, -0.1) is 0 Å². The van der Waals surface area contributed by atoms with E-state index in [1.54, 1.807) is 62.6 Å². The van der Waals surface area contributed by atoms with Gasteiger partial charge in [-0.2, -0.15) is 0 Å². The third-order valence-electron chi connectivity index (χ3n) is 4.45. The van der Waals surface area contributed by atoms with Crippen molar-refractivity contribution in [3.63, 3.8) is 0 Å². The van der Waals surface area contributed by atoms with Gasteiger partial charge in [0.25, 0.3) is 5.91 Å². The number of rotatable bonds is 5. The maximum Gasteiger partial charge on any atom is 0.262 e. The number of amides is 2. The van der Waals surface area contributed by atoms with Gasteiger partial charge in [-0.25, -0.2) is 0 Å². The molecule has 0 bridgehead atoms. The van der Waals surface area contributed by atoms with Crippen LogP contribution in [0.25, 0.3) is 0 Å². The third kappa shape index (κ3) is 3.81. The molecule has 0 fully saturated rings. The van der Waals surface area contributed by atoms with E-state index in [1.807, 2.05) is 6.07 Å². The average molecular weight is 370 g/mol. The summed E-state index contributed by atoms with van der Waals surface area (Å²) in [6.07, 6.45) is -0.631. The number of benzene rings is 2. The van der Waals surface area contributed by atoms with E-state index in [2.05, 4.69) is 5.32 Å². The van der Waals surface area contributed by atoms with Crippen molar-refractivity contribution in [1.29, 1.82) is 0 Å². The van der Waals surface area contributed by atoms with Gasteiger partial charge >= 0.3 is 0 Å². The minimum Gasteiger partial charge on any atom is -0.497 e. The minimum atomic E-state index is -0.758. The number of hydrogen-bond acceptors (Lipinski definition) is 5. The number of anilines is 1. The Bertz CT molecular complexity index is 852. The number of nitrogens with zero attached hydrogens (tertiary/aromatic N) is 1. The monoisotopic (exact) mass is 370 g/mol. The van der Waals surface area contributed by atoms with E-state index in [-0.39, 0.29) is 24.8 Å². The second-order valence-electron chi connectivity index (χ2n) is 6.05. The molecule has 2 aromatic carbocycles. The third-order valence-corrected chi connectivity index (χ3v) is 4.45. The molecule has 7 heteroatoms. The Morgan fingerprint density at radius 3 is 2.67 bits per heavy atom. The molecule has 142 valence electrons. The number of para-hydroxylation sites is 2. The SMILES string of the molecule is CNC(=O)[C@H]1CN(C(=O)Cc2ccc(OC)cc2OC)c2ccccc2O1. The van der Waals surface area contributed by atoms with Crippen molar-refractivity contribution < 1.29 is 23.8 Å². The van der Waals surface area contributed by atoms with Gasteiger partial charge in [0.15, 0.2) is 6.10 Å². The highest BCUT2D eigenvalue weighted by Crippen LogP contribution is 2.34. The highest BCUT2D eigenvalue weighted by atomic mass is 16.5. The molecule has 0 saturated heterocycles. The van der Waals surface area contributed by atoms with Crippen LogP contribution in [0.3, 0.4) is 0 Å². The van der Waals surface area contributed by atoms with Crippen LogP contribution in [-0.2, 0) is 16.0 Å². The molecule has 2 aromatic rings. The van der Waals surface area contributed by atoms with Gasteiger partial charge in [0.2, 0.25) is 5.91 Å². The van der Waals surface area contributed by atoms with E-state index in [0.29, 0.717) is 22.9 Å². The Morgan fingerprint density at radius 2 is 1.96 bits per heavy atom. The second-order valence-corrected chi connectivity index (χ2v) is 6.05. The lowest BCUT2D eigenvalue weighted by atomic mass is 10.1. The standard InChI is InChI=1S/C20H22N2O5/c1-21-20(24)18-12-22(15-6-4-5-7-16(15)27-18)19(23)10-13-8-9-14(25-2)11-17(13)26-3/h4-9,11,18H,10,12H2,1-3H3,(H,21,24)/t18-/m1/s1. The van der Waals surface area contributed by atoms with E-state index in [4.69, 9.17) is 14.2 Å². The Labute approximate surface area is 157 Å². The van der Waals surface area contributed by atoms with Crippen LogP contribution in [0.15, 0.2) is 42.5 Å². The summed E-state index contributed by atoms with van der Waals surface area (Å²) in [4.78, 5) is 26.7. The lowest BCUT2D eigenvalue weighted by molar-refractivity contribution is -0.127. The van der Waals surface area contributed by atoms with Crippen molar-refractivity contribution in [3.8, 4) is 17.2 Å². The quantitative estimate of drug-likeness (QED) is 0.868. The molecule has 27 heavy (non-hydrogen) atoms. The second kappa shape index (κ2) is 7.99. The summed E-state index contributed by atoms with van der Waals surface area (Å²) in [6, 6.07) is 12.5. The van der Waals surface area contributed by atoms with Crippen LogP contribution < -0.4 is 24.4 Å². The number of ether oxygens (including phenoxy) is 3. The van der Waals surface area contributed by atoms with E-state index in [9.17, 15) is 9.59 Å². The number of fused-ring (bicyclic) bond motifs is 1. The van der Waals surface area contributed by atoms with Crippen LogP contribution in [0.1, 0.15) is 5.56 Å². The fourth-order valence-electron chi connectivity index (χ4n) is 3.02. The summed E-state index contributed by atoms with van der Waals surface area (Å²) in [7, 11) is 4.66. The lowest BCUT2D eigenvalue weighted by Crippen LogP contribution is -2.50. The number of nitrogens with one attached hydrogen (secondary N) is 1. The molecule has 1 heterocycles. The predicted octanol–water partition coefficient (Wildman–Crippen LogP) is 1.79. The number of hydrogen-bond donors (Lipinski definition) is 1. The molecule has 0 radical (unpaired) electrons. The molecule has 3 rings (SSSR count). The summed E-state index contributed by atoms with van der Waals surface area (Å²) in [5, 5.41) is 2.57. The van der Waals surface area contributed by atoms with Crippen LogP contribution in [0.4, 0.5) is 5.69 Å². The van der Waals surface area contributed by atoms with Gasteiger partial charge in [0.05, 0.1) is 32.9 Å². The fourth-order valence-corrected chi connectivity index (χ4v) is 3.02. The molecule has 1 aliphatic rings. The molecule has 2 amide bonds. The van der Waals surface area contributed by atoms with Crippen molar-refractivity contribution in [2.75, 3.05) is 32.7 Å². The molecular weight excluding hydrogens is 348 g/mol. The highest BCUT2D eigenvalue weighted by molar-refractivity contribution is 5.98. The normalized spacial score (nSPS) is 15.4. The van der Waals surface area contributed by atoms with Gasteiger partial charge in [-0.1, -0.05) is 18.2 Å². The van der Waals surface area contributed by atoms with Crippen molar-refractivity contribution in [3.05, 3.63) is 48.0 Å². The van der Waals surface area contributed by atoms with Gasteiger partial charge in [0, 0.05) is 18.7 Å². The minimum absolute atomic E-state index is 0.127. The molecule has 0 unspecified atom stereocenters. The van der Waals surface area contributed by atoms with Crippen molar-refractivity contribution in [2.24, 2.45) is 0 Å². The molecule has 7 nitrogen and oxygen atoms in total. The molecule has 1 aliphatic heterocycles. The Hall–Kier alpha value is -3.22. The first-order chi connectivity index (χ1) is 13.1. The van der Waals surface area contributed by atoms with E-state index in [1.165, 1.54) is 0 Å². The number of carbonyl (C=O) groups is 2. The fraction of sp³-hybridized carbons (Fsp3) is 0.300. The summed E-state index contributed by atoms with van der Waals surface area (Å²) in [6.45, 7) is 0.147. The average Bonchev–Trinajstić information content (AvgIpc) is 2.72. The largest absolute Gasteiger partial charge is 0.497 e. The number of likely N-dealkylation sites (N-methyl/N-ethyl adjacent to an activating group) is 1. The van der Waals surface area contributed by atoms with Gasteiger partial charge in [-0.3, -0.25) is 9.59 Å². The first-order valence-electron chi connectivity index (χ1n) is 8.56. The summed E-state index contributed by atoms with van der Waals surface area (Å²) < 4.78 is 16.3. The Balaban J connectivity index is 1.88. The van der Waals surface area contributed by atoms with Crippen LogP contribution in [0.2, 0.25) is 0 Å². The first-order valence-corrected chi connectivity index (χ1v) is 8.56. The predicted molar refractivity (Wildman–Crippen MR) is 101 cm³/mol. The summed E-state index contributed by atoms with van der Waals surface area (Å²) >= 11 is 0.